The summed E-state index contributed by atoms with van der Waals surface area (Å²) >= 11 is 0. The second-order valence-electron chi connectivity index (χ2n) is 2.36. The Balaban J connectivity index is 2.71. The fourth-order valence-electron chi connectivity index (χ4n) is 1.16. The summed E-state index contributed by atoms with van der Waals surface area (Å²) in [5, 5.41) is 7.37. The molecule has 0 fully saturated rings. The van der Waals surface area contributed by atoms with Gasteiger partial charge in [-0.1, -0.05) is 0 Å². The molecular weight excluding hydrogens is 156 g/mol. The average molecular weight is 159 g/mol. The van der Waals surface area contributed by atoms with Crippen molar-refractivity contribution in [2.45, 2.75) is 0 Å². The highest BCUT2D eigenvalue weighted by Gasteiger charge is 2.03. The van der Waals surface area contributed by atoms with Crippen molar-refractivity contribution in [3.8, 4) is 0 Å². The molecule has 3 aromatic rings. The number of fused-ring (bicyclic) bond motifs is 3. The molecule has 0 aliphatic carbocycles. The lowest BCUT2D eigenvalue weighted by molar-refractivity contribution is 0.613. The molecule has 0 saturated heterocycles. The highest BCUT2D eigenvalue weighted by molar-refractivity contribution is 5.73. The molecule has 0 amide bonds. The third-order valence-corrected chi connectivity index (χ3v) is 1.70. The van der Waals surface area contributed by atoms with Crippen molar-refractivity contribution in [2.75, 3.05) is 0 Å². The van der Waals surface area contributed by atoms with Crippen molar-refractivity contribution >= 4 is 16.9 Å². The van der Waals surface area contributed by atoms with Crippen LogP contribution in [-0.2, 0) is 0 Å². The molecule has 0 spiro atoms. The van der Waals surface area contributed by atoms with Crippen molar-refractivity contribution in [1.29, 1.82) is 0 Å². The van der Waals surface area contributed by atoms with Crippen molar-refractivity contribution in [3.05, 3.63) is 24.9 Å². The van der Waals surface area contributed by atoms with Crippen LogP contribution < -0.4 is 0 Å². The summed E-state index contributed by atoms with van der Waals surface area (Å²) in [7, 11) is 0. The van der Waals surface area contributed by atoms with Crippen LogP contribution in [-0.4, -0.2) is 19.6 Å². The number of rotatable bonds is 0. The zero-order chi connectivity index (χ0) is 7.97. The lowest BCUT2D eigenvalue weighted by Crippen LogP contribution is -1.86. The maximum absolute atomic E-state index is 5.14. The van der Waals surface area contributed by atoms with E-state index >= 15 is 0 Å². The van der Waals surface area contributed by atoms with Crippen LogP contribution in [0.3, 0.4) is 0 Å². The van der Waals surface area contributed by atoms with Crippen LogP contribution in [0.25, 0.3) is 16.9 Å². The normalized spacial score (nSPS) is 11.3. The van der Waals surface area contributed by atoms with Gasteiger partial charge in [0.2, 0.25) is 6.33 Å². The maximum atomic E-state index is 5.14. The summed E-state index contributed by atoms with van der Waals surface area (Å²) in [6, 6.07) is 1.82. The second-order valence-corrected chi connectivity index (χ2v) is 2.36. The van der Waals surface area contributed by atoms with Crippen molar-refractivity contribution in [2.24, 2.45) is 0 Å². The Kier molecular flexibility index (Phi) is 0.864. The predicted octanol–water partition coefficient (Wildman–Crippen LogP) is 0.671. The monoisotopic (exact) mass is 159 g/mol. The fourth-order valence-corrected chi connectivity index (χ4v) is 1.16. The van der Waals surface area contributed by atoms with E-state index < -0.39 is 0 Å². The largest absolute Gasteiger partial charge is 0.461 e. The number of furan rings is 1. The Bertz CT molecular complexity index is 489. The van der Waals surface area contributed by atoms with Crippen molar-refractivity contribution in [1.82, 2.24) is 19.6 Å². The van der Waals surface area contributed by atoms with E-state index in [0.717, 1.165) is 5.52 Å². The summed E-state index contributed by atoms with van der Waals surface area (Å²) in [5.74, 6) is 0.531. The number of hydrogen-bond acceptors (Lipinski definition) is 4. The summed E-state index contributed by atoms with van der Waals surface area (Å²) in [5.41, 5.74) is 1.59. The summed E-state index contributed by atoms with van der Waals surface area (Å²) in [6.07, 6.45) is 5.90. The summed E-state index contributed by atoms with van der Waals surface area (Å²) in [4.78, 5) is 4.01. The second kappa shape index (κ2) is 1.82. The highest BCUT2D eigenvalue weighted by Crippen LogP contribution is 2.13. The molecule has 3 heterocycles. The fraction of sp³-hybridized carbons (Fsp3) is 0. The molecule has 3 rings (SSSR count). The zero-order valence-corrected chi connectivity index (χ0v) is 5.93. The van der Waals surface area contributed by atoms with Crippen molar-refractivity contribution < 1.29 is 4.42 Å². The van der Waals surface area contributed by atoms with Gasteiger partial charge in [-0.2, -0.15) is 0 Å². The Labute approximate surface area is 66.7 Å². The Morgan fingerprint density at radius 2 is 2.50 bits per heavy atom. The molecule has 57 valence electrons. The smallest absolute Gasteiger partial charge is 0.256 e. The minimum absolute atomic E-state index is 0.531. The lowest BCUT2D eigenvalue weighted by atomic mass is 10.5. The molecule has 0 aromatic carbocycles. The molecule has 5 nitrogen and oxygen atoms in total. The van der Waals surface area contributed by atoms with Gasteiger partial charge in [-0.15, -0.1) is 10.2 Å². The quantitative estimate of drug-likeness (QED) is 0.483. The lowest BCUT2D eigenvalue weighted by Gasteiger charge is -1.89. The molecular formula is C7H3N4O. The molecule has 0 unspecified atom stereocenters. The first-order valence-electron chi connectivity index (χ1n) is 3.40. The standard InChI is InChI=1S/C7H3N4O/c1-2-12-6-3-8-7-10-9-4-11(7)5(1)6/h1-3H. The van der Waals surface area contributed by atoms with Gasteiger partial charge in [-0.3, -0.25) is 4.40 Å². The van der Waals surface area contributed by atoms with E-state index in [1.54, 1.807) is 16.9 Å². The first-order valence-corrected chi connectivity index (χ1v) is 3.40. The molecule has 0 N–H and O–H groups in total. The molecule has 3 aromatic heterocycles. The van der Waals surface area contributed by atoms with Gasteiger partial charge in [0.15, 0.2) is 5.58 Å². The molecule has 0 bridgehead atoms. The number of aromatic nitrogens is 4. The van der Waals surface area contributed by atoms with Gasteiger partial charge in [-0.25, -0.2) is 4.98 Å². The highest BCUT2D eigenvalue weighted by atomic mass is 16.3. The molecule has 0 aliphatic rings. The van der Waals surface area contributed by atoms with Crippen LogP contribution in [0.5, 0.6) is 0 Å². The summed E-state index contributed by atoms with van der Waals surface area (Å²) < 4.78 is 6.79. The molecule has 5 heteroatoms. The van der Waals surface area contributed by atoms with E-state index in [4.69, 9.17) is 4.42 Å². The topological polar surface area (TPSA) is 56.2 Å². The molecule has 0 atom stereocenters. The summed E-state index contributed by atoms with van der Waals surface area (Å²) in [6.45, 7) is 0. The van der Waals surface area contributed by atoms with Crippen LogP contribution in [0.2, 0.25) is 0 Å². The Hall–Kier alpha value is -1.91. The SMILES string of the molecule is [c]1nnc2ncc3occc3n12. The molecule has 1 radical (unpaired) electrons. The van der Waals surface area contributed by atoms with Gasteiger partial charge in [0, 0.05) is 6.07 Å². The van der Waals surface area contributed by atoms with E-state index in [2.05, 4.69) is 21.5 Å². The molecule has 0 saturated carbocycles. The number of nitrogens with zero attached hydrogens (tertiary/aromatic N) is 4. The van der Waals surface area contributed by atoms with Gasteiger partial charge < -0.3 is 4.42 Å². The van der Waals surface area contributed by atoms with E-state index in [-0.39, 0.29) is 0 Å². The van der Waals surface area contributed by atoms with Crippen molar-refractivity contribution in [3.63, 3.8) is 0 Å². The van der Waals surface area contributed by atoms with Gasteiger partial charge in [0.05, 0.1) is 18.0 Å². The molecule has 12 heavy (non-hydrogen) atoms. The van der Waals surface area contributed by atoms with E-state index in [0.29, 0.717) is 11.4 Å². The minimum Gasteiger partial charge on any atom is -0.461 e. The third-order valence-electron chi connectivity index (χ3n) is 1.70. The van der Waals surface area contributed by atoms with Crippen LogP contribution in [0, 0.1) is 6.33 Å². The third kappa shape index (κ3) is 0.554. The average Bonchev–Trinajstić information content (AvgIpc) is 2.71. The van der Waals surface area contributed by atoms with E-state index in [9.17, 15) is 0 Å². The Morgan fingerprint density at radius 3 is 3.50 bits per heavy atom. The van der Waals surface area contributed by atoms with Crippen LogP contribution in [0.15, 0.2) is 22.9 Å². The van der Waals surface area contributed by atoms with Gasteiger partial charge in [-0.05, 0) is 0 Å². The zero-order valence-electron chi connectivity index (χ0n) is 5.93. The van der Waals surface area contributed by atoms with E-state index in [1.807, 2.05) is 6.07 Å². The first kappa shape index (κ1) is 5.70. The van der Waals surface area contributed by atoms with Gasteiger partial charge >= 0.3 is 0 Å². The Morgan fingerprint density at radius 1 is 1.50 bits per heavy atom. The van der Waals surface area contributed by atoms with Gasteiger partial charge in [0.25, 0.3) is 5.78 Å². The number of hydrogen-bond donors (Lipinski definition) is 0. The van der Waals surface area contributed by atoms with Gasteiger partial charge in [0.1, 0.15) is 0 Å². The predicted molar refractivity (Wildman–Crippen MR) is 39.4 cm³/mol. The maximum Gasteiger partial charge on any atom is 0.256 e. The first-order chi connectivity index (χ1) is 5.95. The molecule has 0 aliphatic heterocycles. The minimum atomic E-state index is 0.531. The van der Waals surface area contributed by atoms with Crippen LogP contribution in [0.4, 0.5) is 0 Å². The van der Waals surface area contributed by atoms with E-state index in [1.165, 1.54) is 0 Å². The van der Waals surface area contributed by atoms with Crippen LogP contribution >= 0.6 is 0 Å². The van der Waals surface area contributed by atoms with Crippen LogP contribution in [0.1, 0.15) is 0 Å².